The van der Waals surface area contributed by atoms with Crippen LogP contribution in [0.3, 0.4) is 0 Å². The minimum absolute atomic E-state index is 0.209. The molecule has 0 saturated carbocycles. The van der Waals surface area contributed by atoms with Gasteiger partial charge in [0.05, 0.1) is 12.0 Å². The standard InChI is InChI=1S/C9H10Cl2O/c1-6-4-7(9(12)5-10)2-3-8(6)11/h2-4,9,12H,5H2,1H3. The van der Waals surface area contributed by atoms with E-state index in [9.17, 15) is 5.11 Å². The molecule has 0 saturated heterocycles. The van der Waals surface area contributed by atoms with E-state index in [2.05, 4.69) is 0 Å². The van der Waals surface area contributed by atoms with Crippen LogP contribution in [0.4, 0.5) is 0 Å². The zero-order valence-electron chi connectivity index (χ0n) is 6.72. The van der Waals surface area contributed by atoms with Crippen LogP contribution >= 0.6 is 23.2 Å². The summed E-state index contributed by atoms with van der Waals surface area (Å²) in [6, 6.07) is 5.39. The first-order valence-electron chi connectivity index (χ1n) is 3.65. The molecule has 1 aromatic carbocycles. The Balaban J connectivity index is 2.96. The molecule has 66 valence electrons. The molecule has 1 unspecified atom stereocenters. The van der Waals surface area contributed by atoms with Crippen molar-refractivity contribution in [2.75, 3.05) is 5.88 Å². The number of aliphatic hydroxyl groups excluding tert-OH is 1. The van der Waals surface area contributed by atoms with Crippen LogP contribution in [0.5, 0.6) is 0 Å². The fourth-order valence-corrected chi connectivity index (χ4v) is 1.26. The fraction of sp³-hybridized carbons (Fsp3) is 0.333. The molecule has 0 spiro atoms. The summed E-state index contributed by atoms with van der Waals surface area (Å²) in [4.78, 5) is 0. The molecule has 1 N–H and O–H groups in total. The molecule has 0 heterocycles. The van der Waals surface area contributed by atoms with E-state index >= 15 is 0 Å². The fourth-order valence-electron chi connectivity index (χ4n) is 0.964. The molecular formula is C9H10Cl2O. The van der Waals surface area contributed by atoms with Gasteiger partial charge in [-0.05, 0) is 24.1 Å². The molecule has 0 aliphatic carbocycles. The number of rotatable bonds is 2. The van der Waals surface area contributed by atoms with Gasteiger partial charge in [0.25, 0.3) is 0 Å². The van der Waals surface area contributed by atoms with Crippen LogP contribution < -0.4 is 0 Å². The Hall–Kier alpha value is -0.240. The van der Waals surface area contributed by atoms with Gasteiger partial charge in [-0.25, -0.2) is 0 Å². The van der Waals surface area contributed by atoms with Gasteiger partial charge in [0, 0.05) is 5.02 Å². The highest BCUT2D eigenvalue weighted by molar-refractivity contribution is 6.31. The number of halogens is 2. The predicted octanol–water partition coefficient (Wildman–Crippen LogP) is 2.92. The third-order valence-corrected chi connectivity index (χ3v) is 2.43. The number of aryl methyl sites for hydroxylation is 1. The Morgan fingerprint density at radius 2 is 2.17 bits per heavy atom. The smallest absolute Gasteiger partial charge is 0.0925 e. The first kappa shape index (κ1) is 9.85. The Kier molecular flexibility index (Phi) is 3.39. The summed E-state index contributed by atoms with van der Waals surface area (Å²) in [5.41, 5.74) is 1.77. The molecule has 3 heteroatoms. The Labute approximate surface area is 81.9 Å². The van der Waals surface area contributed by atoms with Crippen molar-refractivity contribution in [2.24, 2.45) is 0 Å². The lowest BCUT2D eigenvalue weighted by molar-refractivity contribution is 0.202. The average molecular weight is 205 g/mol. The molecular weight excluding hydrogens is 195 g/mol. The van der Waals surface area contributed by atoms with Crippen molar-refractivity contribution in [3.8, 4) is 0 Å². The second kappa shape index (κ2) is 4.13. The summed E-state index contributed by atoms with van der Waals surface area (Å²) in [6.07, 6.45) is -0.595. The van der Waals surface area contributed by atoms with Crippen LogP contribution in [0.15, 0.2) is 18.2 Å². The van der Waals surface area contributed by atoms with E-state index in [4.69, 9.17) is 23.2 Å². The quantitative estimate of drug-likeness (QED) is 0.736. The number of benzene rings is 1. The van der Waals surface area contributed by atoms with Gasteiger partial charge in [-0.2, -0.15) is 0 Å². The first-order chi connectivity index (χ1) is 5.65. The van der Waals surface area contributed by atoms with Crippen LogP contribution in [0, 0.1) is 6.92 Å². The monoisotopic (exact) mass is 204 g/mol. The molecule has 1 rings (SSSR count). The summed E-state index contributed by atoms with van der Waals surface area (Å²) in [6.45, 7) is 1.90. The number of alkyl halides is 1. The lowest BCUT2D eigenvalue weighted by Crippen LogP contribution is -1.98. The maximum atomic E-state index is 9.37. The highest BCUT2D eigenvalue weighted by Crippen LogP contribution is 2.21. The molecule has 1 nitrogen and oxygen atoms in total. The zero-order chi connectivity index (χ0) is 9.14. The molecule has 0 aromatic heterocycles. The van der Waals surface area contributed by atoms with Crippen LogP contribution in [0.1, 0.15) is 17.2 Å². The SMILES string of the molecule is Cc1cc(C(O)CCl)ccc1Cl. The Morgan fingerprint density at radius 1 is 1.50 bits per heavy atom. The molecule has 1 atom stereocenters. The third kappa shape index (κ3) is 2.13. The number of hydrogen-bond acceptors (Lipinski definition) is 1. The molecule has 0 amide bonds. The normalized spacial score (nSPS) is 13.0. The maximum absolute atomic E-state index is 9.37. The predicted molar refractivity (Wildman–Crippen MR) is 51.9 cm³/mol. The second-order valence-electron chi connectivity index (χ2n) is 2.68. The maximum Gasteiger partial charge on any atom is 0.0925 e. The van der Waals surface area contributed by atoms with Gasteiger partial charge >= 0.3 is 0 Å². The van der Waals surface area contributed by atoms with Gasteiger partial charge < -0.3 is 5.11 Å². The molecule has 0 bridgehead atoms. The molecule has 1 aromatic rings. The molecule has 0 radical (unpaired) electrons. The summed E-state index contributed by atoms with van der Waals surface area (Å²) >= 11 is 11.3. The van der Waals surface area contributed by atoms with E-state index in [0.29, 0.717) is 5.02 Å². The molecule has 12 heavy (non-hydrogen) atoms. The van der Waals surface area contributed by atoms with Crippen molar-refractivity contribution in [3.63, 3.8) is 0 Å². The van der Waals surface area contributed by atoms with Crippen LogP contribution in [0.25, 0.3) is 0 Å². The lowest BCUT2D eigenvalue weighted by Gasteiger charge is -2.08. The van der Waals surface area contributed by atoms with Gasteiger partial charge in [0.1, 0.15) is 0 Å². The van der Waals surface area contributed by atoms with Gasteiger partial charge in [-0.3, -0.25) is 0 Å². The first-order valence-corrected chi connectivity index (χ1v) is 4.56. The van der Waals surface area contributed by atoms with E-state index in [-0.39, 0.29) is 5.88 Å². The summed E-state index contributed by atoms with van der Waals surface area (Å²) in [5.74, 6) is 0.209. The van der Waals surface area contributed by atoms with Crippen LogP contribution in [-0.4, -0.2) is 11.0 Å². The largest absolute Gasteiger partial charge is 0.387 e. The van der Waals surface area contributed by atoms with Crippen LogP contribution in [0.2, 0.25) is 5.02 Å². The highest BCUT2D eigenvalue weighted by Gasteiger charge is 2.06. The van der Waals surface area contributed by atoms with E-state index in [1.165, 1.54) is 0 Å². The van der Waals surface area contributed by atoms with E-state index in [1.807, 2.05) is 13.0 Å². The highest BCUT2D eigenvalue weighted by atomic mass is 35.5. The van der Waals surface area contributed by atoms with Crippen LogP contribution in [-0.2, 0) is 0 Å². The summed E-state index contributed by atoms with van der Waals surface area (Å²) < 4.78 is 0. The van der Waals surface area contributed by atoms with Gasteiger partial charge in [-0.1, -0.05) is 23.7 Å². The lowest BCUT2D eigenvalue weighted by atomic mass is 10.1. The van der Waals surface area contributed by atoms with Crippen molar-refractivity contribution in [1.82, 2.24) is 0 Å². The topological polar surface area (TPSA) is 20.2 Å². The van der Waals surface area contributed by atoms with Crippen molar-refractivity contribution in [1.29, 1.82) is 0 Å². The second-order valence-corrected chi connectivity index (χ2v) is 3.39. The minimum atomic E-state index is -0.595. The number of aliphatic hydroxyl groups is 1. The van der Waals surface area contributed by atoms with E-state index in [1.54, 1.807) is 12.1 Å². The molecule has 0 aliphatic heterocycles. The third-order valence-electron chi connectivity index (χ3n) is 1.71. The molecule has 0 aliphatic rings. The van der Waals surface area contributed by atoms with Crippen molar-refractivity contribution >= 4 is 23.2 Å². The van der Waals surface area contributed by atoms with E-state index < -0.39 is 6.10 Å². The summed E-state index contributed by atoms with van der Waals surface area (Å²) in [7, 11) is 0. The van der Waals surface area contributed by atoms with Gasteiger partial charge in [0.15, 0.2) is 0 Å². The van der Waals surface area contributed by atoms with Gasteiger partial charge in [-0.15, -0.1) is 11.6 Å². The summed E-state index contributed by atoms with van der Waals surface area (Å²) in [5, 5.41) is 10.1. The molecule has 0 fully saturated rings. The zero-order valence-corrected chi connectivity index (χ0v) is 8.23. The van der Waals surface area contributed by atoms with Crippen molar-refractivity contribution in [2.45, 2.75) is 13.0 Å². The van der Waals surface area contributed by atoms with Crippen molar-refractivity contribution in [3.05, 3.63) is 34.3 Å². The van der Waals surface area contributed by atoms with E-state index in [0.717, 1.165) is 11.1 Å². The number of hydrogen-bond donors (Lipinski definition) is 1. The van der Waals surface area contributed by atoms with Crippen molar-refractivity contribution < 1.29 is 5.11 Å². The Bertz CT molecular complexity index is 273. The van der Waals surface area contributed by atoms with Gasteiger partial charge in [0.2, 0.25) is 0 Å². The average Bonchev–Trinajstić information content (AvgIpc) is 2.08. The Morgan fingerprint density at radius 3 is 2.67 bits per heavy atom. The minimum Gasteiger partial charge on any atom is -0.387 e.